The summed E-state index contributed by atoms with van der Waals surface area (Å²) in [4.78, 5) is 37.5. The van der Waals surface area contributed by atoms with Gasteiger partial charge in [-0.3, -0.25) is 24.0 Å². The molecular weight excluding hydrogens is 488 g/mol. The lowest BCUT2D eigenvalue weighted by Crippen LogP contribution is -2.50. The molecule has 2 aromatic carbocycles. The van der Waals surface area contributed by atoms with Gasteiger partial charge in [-0.05, 0) is 24.6 Å². The van der Waals surface area contributed by atoms with Crippen LogP contribution < -0.4 is 14.4 Å². The normalized spacial score (nSPS) is 11.9. The molecule has 11 nitrogen and oxygen atoms in total. The van der Waals surface area contributed by atoms with Gasteiger partial charge in [0.2, 0.25) is 21.8 Å². The lowest BCUT2D eigenvalue weighted by Gasteiger charge is -2.31. The van der Waals surface area contributed by atoms with Crippen molar-refractivity contribution < 1.29 is 27.7 Å². The minimum atomic E-state index is -4.10. The summed E-state index contributed by atoms with van der Waals surface area (Å²) in [6.07, 6.45) is 0.860. The minimum Gasteiger partial charge on any atom is -0.495 e. The summed E-state index contributed by atoms with van der Waals surface area (Å²) in [6, 6.07) is 9.16. The Balaban J connectivity index is 2.53. The zero-order chi connectivity index (χ0) is 25.6. The van der Waals surface area contributed by atoms with Crippen LogP contribution >= 0.6 is 11.6 Å². The van der Waals surface area contributed by atoms with E-state index in [0.717, 1.165) is 18.4 Å². The number of sulfonamides is 1. The first-order valence-electron chi connectivity index (χ1n) is 9.95. The Kier molecular flexibility index (Phi) is 8.82. The number of rotatable bonds is 10. The lowest BCUT2D eigenvalue weighted by molar-refractivity contribution is -0.384. The Labute approximate surface area is 202 Å². The summed E-state index contributed by atoms with van der Waals surface area (Å²) in [5, 5.41) is 14.1. The van der Waals surface area contributed by atoms with Crippen LogP contribution in [0.2, 0.25) is 5.02 Å². The van der Waals surface area contributed by atoms with Gasteiger partial charge < -0.3 is 15.0 Å². The van der Waals surface area contributed by atoms with Crippen LogP contribution in [0.5, 0.6) is 5.75 Å². The van der Waals surface area contributed by atoms with Crippen LogP contribution in [0, 0.1) is 10.1 Å². The standard InChI is InChI=1S/C21H25ClN4O7S/c1-14(21(28)23-2)24(12-15-7-5-6-8-17(15)22)20(27)13-25(34(4,31)32)18-11-16(26(29)30)9-10-19(18)33-3/h5-11,14H,12-13H2,1-4H3,(H,23,28)/t14-/m0/s1. The fraction of sp³-hybridized carbons (Fsp3) is 0.333. The number of carbonyl (C=O) groups excluding carboxylic acids is 2. The first kappa shape index (κ1) is 26.9. The number of nitro benzene ring substituents is 1. The van der Waals surface area contributed by atoms with E-state index in [9.17, 15) is 28.1 Å². The summed E-state index contributed by atoms with van der Waals surface area (Å²) in [5.74, 6) is -1.19. The number of hydrogen-bond donors (Lipinski definition) is 1. The predicted molar refractivity (Wildman–Crippen MR) is 127 cm³/mol. The van der Waals surface area contributed by atoms with E-state index in [-0.39, 0.29) is 23.7 Å². The minimum absolute atomic E-state index is 0.0147. The molecule has 0 saturated heterocycles. The van der Waals surface area contributed by atoms with Gasteiger partial charge in [0.15, 0.2) is 0 Å². The Hall–Kier alpha value is -3.38. The molecule has 2 rings (SSSR count). The molecule has 1 N–H and O–H groups in total. The van der Waals surface area contributed by atoms with Crippen molar-refractivity contribution in [3.05, 3.63) is 63.2 Å². The van der Waals surface area contributed by atoms with E-state index in [4.69, 9.17) is 16.3 Å². The molecule has 184 valence electrons. The topological polar surface area (TPSA) is 139 Å². The van der Waals surface area contributed by atoms with E-state index < -0.39 is 39.3 Å². The van der Waals surface area contributed by atoms with Crippen molar-refractivity contribution in [1.82, 2.24) is 10.2 Å². The number of nitro groups is 1. The number of ether oxygens (including phenoxy) is 1. The molecule has 0 aliphatic rings. The first-order valence-corrected chi connectivity index (χ1v) is 12.2. The Bertz CT molecular complexity index is 1190. The number of likely N-dealkylation sites (N-methyl/N-ethyl adjacent to an activating group) is 1. The number of anilines is 1. The highest BCUT2D eigenvalue weighted by molar-refractivity contribution is 7.92. The van der Waals surface area contributed by atoms with E-state index in [1.165, 1.54) is 32.0 Å². The molecule has 0 bridgehead atoms. The van der Waals surface area contributed by atoms with Gasteiger partial charge in [-0.1, -0.05) is 29.8 Å². The molecule has 0 aliphatic carbocycles. The zero-order valence-electron chi connectivity index (χ0n) is 19.0. The molecule has 2 aromatic rings. The second-order valence-electron chi connectivity index (χ2n) is 7.29. The molecule has 0 radical (unpaired) electrons. The fourth-order valence-corrected chi connectivity index (χ4v) is 4.22. The molecule has 1 atom stereocenters. The quantitative estimate of drug-likeness (QED) is 0.380. The molecule has 0 aromatic heterocycles. The number of benzene rings is 2. The van der Waals surface area contributed by atoms with Gasteiger partial charge in [0.05, 0.1) is 18.3 Å². The first-order chi connectivity index (χ1) is 15.9. The molecule has 0 unspecified atom stereocenters. The molecule has 34 heavy (non-hydrogen) atoms. The molecule has 2 amide bonds. The highest BCUT2D eigenvalue weighted by Gasteiger charge is 2.32. The molecule has 0 spiro atoms. The number of amides is 2. The van der Waals surface area contributed by atoms with Crippen LogP contribution in [-0.4, -0.2) is 63.1 Å². The fourth-order valence-electron chi connectivity index (χ4n) is 3.18. The number of nitrogens with zero attached hydrogens (tertiary/aromatic N) is 3. The number of non-ortho nitro benzene ring substituents is 1. The summed E-state index contributed by atoms with van der Waals surface area (Å²) < 4.78 is 31.2. The third kappa shape index (κ3) is 6.35. The van der Waals surface area contributed by atoms with Gasteiger partial charge in [0.1, 0.15) is 24.0 Å². The highest BCUT2D eigenvalue weighted by Crippen LogP contribution is 2.34. The number of hydrogen-bond acceptors (Lipinski definition) is 7. The molecule has 0 fully saturated rings. The number of methoxy groups -OCH3 is 1. The Morgan fingerprint density at radius 2 is 1.88 bits per heavy atom. The number of carbonyl (C=O) groups is 2. The zero-order valence-corrected chi connectivity index (χ0v) is 20.6. The maximum Gasteiger partial charge on any atom is 0.271 e. The second kappa shape index (κ2) is 11.2. The smallest absolute Gasteiger partial charge is 0.271 e. The van der Waals surface area contributed by atoms with E-state index in [2.05, 4.69) is 5.32 Å². The van der Waals surface area contributed by atoms with Crippen molar-refractivity contribution >= 4 is 44.8 Å². The van der Waals surface area contributed by atoms with Crippen LogP contribution in [-0.2, 0) is 26.2 Å². The largest absolute Gasteiger partial charge is 0.495 e. The summed E-state index contributed by atoms with van der Waals surface area (Å²) in [6.45, 7) is 0.686. The maximum atomic E-state index is 13.4. The third-order valence-electron chi connectivity index (χ3n) is 5.03. The predicted octanol–water partition coefficient (Wildman–Crippen LogP) is 2.19. The van der Waals surface area contributed by atoms with Gasteiger partial charge in [-0.2, -0.15) is 0 Å². The van der Waals surface area contributed by atoms with Crippen molar-refractivity contribution in [3.8, 4) is 5.75 Å². The van der Waals surface area contributed by atoms with E-state index >= 15 is 0 Å². The summed E-state index contributed by atoms with van der Waals surface area (Å²) in [7, 11) is -1.42. The number of nitrogens with one attached hydrogen (secondary N) is 1. The number of halogens is 1. The molecule has 0 aliphatic heterocycles. The van der Waals surface area contributed by atoms with Gasteiger partial charge >= 0.3 is 0 Å². The van der Waals surface area contributed by atoms with Crippen molar-refractivity contribution in [2.45, 2.75) is 19.5 Å². The maximum absolute atomic E-state index is 13.4. The van der Waals surface area contributed by atoms with Crippen LogP contribution in [0.3, 0.4) is 0 Å². The Morgan fingerprint density at radius 3 is 2.41 bits per heavy atom. The van der Waals surface area contributed by atoms with Crippen molar-refractivity contribution in [1.29, 1.82) is 0 Å². The van der Waals surface area contributed by atoms with Gasteiger partial charge in [0.25, 0.3) is 5.69 Å². The van der Waals surface area contributed by atoms with Crippen LogP contribution in [0.15, 0.2) is 42.5 Å². The van der Waals surface area contributed by atoms with Gasteiger partial charge in [-0.25, -0.2) is 8.42 Å². The van der Waals surface area contributed by atoms with Crippen molar-refractivity contribution in [2.75, 3.05) is 31.3 Å². The van der Waals surface area contributed by atoms with Crippen molar-refractivity contribution in [2.24, 2.45) is 0 Å². The molecule has 0 heterocycles. The van der Waals surface area contributed by atoms with Crippen LogP contribution in [0.1, 0.15) is 12.5 Å². The average Bonchev–Trinajstić information content (AvgIpc) is 2.79. The van der Waals surface area contributed by atoms with Crippen LogP contribution in [0.25, 0.3) is 0 Å². The second-order valence-corrected chi connectivity index (χ2v) is 9.60. The van der Waals surface area contributed by atoms with Crippen molar-refractivity contribution in [3.63, 3.8) is 0 Å². The molecule has 13 heteroatoms. The average molecular weight is 513 g/mol. The SMILES string of the molecule is CNC(=O)[C@H](C)N(Cc1ccccc1Cl)C(=O)CN(c1cc([N+](=O)[O-])ccc1OC)S(C)(=O)=O. The van der Waals surface area contributed by atoms with Gasteiger partial charge in [0, 0.05) is 30.7 Å². The van der Waals surface area contributed by atoms with E-state index in [1.54, 1.807) is 24.3 Å². The summed E-state index contributed by atoms with van der Waals surface area (Å²) in [5.41, 5.74) is -0.0199. The molecule has 0 saturated carbocycles. The van der Waals surface area contributed by atoms with E-state index in [0.29, 0.717) is 14.9 Å². The van der Waals surface area contributed by atoms with Crippen LogP contribution in [0.4, 0.5) is 11.4 Å². The highest BCUT2D eigenvalue weighted by atomic mass is 35.5. The third-order valence-corrected chi connectivity index (χ3v) is 6.53. The summed E-state index contributed by atoms with van der Waals surface area (Å²) >= 11 is 6.23. The van der Waals surface area contributed by atoms with E-state index in [1.807, 2.05) is 0 Å². The Morgan fingerprint density at radius 1 is 1.24 bits per heavy atom. The lowest BCUT2D eigenvalue weighted by atomic mass is 10.1. The monoisotopic (exact) mass is 512 g/mol. The molecular formula is C21H25ClN4O7S. The van der Waals surface area contributed by atoms with Gasteiger partial charge in [-0.15, -0.1) is 0 Å².